The van der Waals surface area contributed by atoms with Crippen LogP contribution in [-0.4, -0.2) is 25.1 Å². The summed E-state index contributed by atoms with van der Waals surface area (Å²) >= 11 is 0. The van der Waals surface area contributed by atoms with Crippen LogP contribution in [0.25, 0.3) is 17.0 Å². The molecule has 0 fully saturated rings. The zero-order valence-corrected chi connectivity index (χ0v) is 15.3. The van der Waals surface area contributed by atoms with Gasteiger partial charge < -0.3 is 19.8 Å². The summed E-state index contributed by atoms with van der Waals surface area (Å²) in [6.07, 6.45) is 1.60. The van der Waals surface area contributed by atoms with Gasteiger partial charge in [0.25, 0.3) is 5.91 Å². The maximum Gasteiger partial charge on any atom is 0.266 e. The number of nitrogens with one attached hydrogen (secondary N) is 2. The normalized spacial score (nSPS) is 11.1. The number of methoxy groups -OCH3 is 2. The van der Waals surface area contributed by atoms with Crippen molar-refractivity contribution in [1.82, 2.24) is 4.98 Å². The predicted molar refractivity (Wildman–Crippen MR) is 105 cm³/mol. The number of H-pyrrole nitrogens is 1. The first-order chi connectivity index (χ1) is 13.1. The molecule has 0 radical (unpaired) electrons. The average molecular weight is 361 g/mol. The molecule has 0 spiro atoms. The summed E-state index contributed by atoms with van der Waals surface area (Å²) in [6.45, 7) is 1.91. The Balaban J connectivity index is 1.94. The molecule has 2 N–H and O–H groups in total. The summed E-state index contributed by atoms with van der Waals surface area (Å²) in [6, 6.07) is 14.8. The van der Waals surface area contributed by atoms with Crippen molar-refractivity contribution in [3.63, 3.8) is 0 Å². The fourth-order valence-corrected chi connectivity index (χ4v) is 2.87. The van der Waals surface area contributed by atoms with Gasteiger partial charge in [-0.2, -0.15) is 5.26 Å². The minimum Gasteiger partial charge on any atom is -0.497 e. The molecule has 0 saturated heterocycles. The van der Waals surface area contributed by atoms with Gasteiger partial charge in [0.05, 0.1) is 19.9 Å². The number of hydrogen-bond donors (Lipinski definition) is 2. The number of hydrogen-bond acceptors (Lipinski definition) is 4. The van der Waals surface area contributed by atoms with Crippen molar-refractivity contribution in [2.45, 2.75) is 6.92 Å². The number of rotatable bonds is 5. The third-order valence-electron chi connectivity index (χ3n) is 4.25. The predicted octanol–water partition coefficient (Wildman–Crippen LogP) is 4.04. The van der Waals surface area contributed by atoms with Crippen LogP contribution in [0.2, 0.25) is 0 Å². The molecule has 0 unspecified atom stereocenters. The fourth-order valence-electron chi connectivity index (χ4n) is 2.87. The van der Waals surface area contributed by atoms with Gasteiger partial charge in [-0.15, -0.1) is 0 Å². The molecule has 6 heteroatoms. The van der Waals surface area contributed by atoms with Crippen molar-refractivity contribution in [3.05, 3.63) is 59.3 Å². The van der Waals surface area contributed by atoms with Gasteiger partial charge in [-0.3, -0.25) is 4.79 Å². The van der Waals surface area contributed by atoms with E-state index in [1.807, 2.05) is 37.3 Å². The largest absolute Gasteiger partial charge is 0.497 e. The number of nitriles is 1. The van der Waals surface area contributed by atoms with Gasteiger partial charge >= 0.3 is 0 Å². The number of anilines is 1. The number of benzene rings is 2. The first-order valence-corrected chi connectivity index (χ1v) is 8.30. The summed E-state index contributed by atoms with van der Waals surface area (Å²) in [5.74, 6) is 0.546. The lowest BCUT2D eigenvalue weighted by atomic mass is 10.1. The summed E-state index contributed by atoms with van der Waals surface area (Å²) in [5, 5.41) is 13.2. The Hall–Kier alpha value is -3.72. The number of para-hydroxylation sites is 1. The standard InChI is InChI=1S/C21H19N3O3/c1-13-17(16-6-4-5-7-18(16)23-13)10-14(12-22)21(25)24-19-9-8-15(26-2)11-20(19)27-3/h4-11,23H,1-3H3,(H,24,25). The second-order valence-corrected chi connectivity index (χ2v) is 5.90. The van der Waals surface area contributed by atoms with Crippen LogP contribution in [0.15, 0.2) is 48.0 Å². The van der Waals surface area contributed by atoms with E-state index in [9.17, 15) is 10.1 Å². The van der Waals surface area contributed by atoms with E-state index in [1.54, 1.807) is 31.4 Å². The molecule has 2 aromatic carbocycles. The van der Waals surface area contributed by atoms with Gasteiger partial charge in [-0.1, -0.05) is 18.2 Å². The summed E-state index contributed by atoms with van der Waals surface area (Å²) < 4.78 is 10.4. The van der Waals surface area contributed by atoms with Crippen LogP contribution >= 0.6 is 0 Å². The Morgan fingerprint density at radius 2 is 1.96 bits per heavy atom. The molecule has 136 valence electrons. The molecule has 1 aromatic heterocycles. The number of carbonyl (C=O) groups is 1. The lowest BCUT2D eigenvalue weighted by Crippen LogP contribution is -2.14. The Bertz CT molecular complexity index is 1070. The van der Waals surface area contributed by atoms with E-state index < -0.39 is 5.91 Å². The van der Waals surface area contributed by atoms with Crippen LogP contribution < -0.4 is 14.8 Å². The van der Waals surface area contributed by atoms with Crippen molar-refractivity contribution in [2.24, 2.45) is 0 Å². The lowest BCUT2D eigenvalue weighted by molar-refractivity contribution is -0.112. The molecule has 0 aliphatic rings. The van der Waals surface area contributed by atoms with E-state index >= 15 is 0 Å². The summed E-state index contributed by atoms with van der Waals surface area (Å²) in [4.78, 5) is 15.9. The molecule has 0 bridgehead atoms. The first-order valence-electron chi connectivity index (χ1n) is 8.30. The van der Waals surface area contributed by atoms with Gasteiger partial charge in [0.15, 0.2) is 0 Å². The van der Waals surface area contributed by atoms with Gasteiger partial charge in [-0.25, -0.2) is 0 Å². The Morgan fingerprint density at radius 3 is 2.67 bits per heavy atom. The minimum atomic E-state index is -0.509. The van der Waals surface area contributed by atoms with Gasteiger partial charge in [-0.05, 0) is 31.2 Å². The molecule has 3 aromatic rings. The maximum absolute atomic E-state index is 12.6. The highest BCUT2D eigenvalue weighted by atomic mass is 16.5. The van der Waals surface area contributed by atoms with Crippen molar-refractivity contribution >= 4 is 28.6 Å². The van der Waals surface area contributed by atoms with Crippen molar-refractivity contribution in [1.29, 1.82) is 5.26 Å². The molecule has 27 heavy (non-hydrogen) atoms. The number of fused-ring (bicyclic) bond motifs is 1. The maximum atomic E-state index is 12.6. The van der Waals surface area contributed by atoms with E-state index in [4.69, 9.17) is 9.47 Å². The van der Waals surface area contributed by atoms with E-state index in [-0.39, 0.29) is 5.57 Å². The van der Waals surface area contributed by atoms with Crippen LogP contribution in [0.4, 0.5) is 5.69 Å². The number of nitrogens with zero attached hydrogens (tertiary/aromatic N) is 1. The molecule has 0 atom stereocenters. The molecule has 1 amide bonds. The molecule has 6 nitrogen and oxygen atoms in total. The van der Waals surface area contributed by atoms with Gasteiger partial charge in [0.1, 0.15) is 23.1 Å². The zero-order valence-electron chi connectivity index (χ0n) is 15.3. The van der Waals surface area contributed by atoms with Crippen molar-refractivity contribution in [3.8, 4) is 17.6 Å². The minimum absolute atomic E-state index is 0.000671. The van der Waals surface area contributed by atoms with Crippen LogP contribution in [0.1, 0.15) is 11.3 Å². The van der Waals surface area contributed by atoms with Crippen LogP contribution in [0.5, 0.6) is 11.5 Å². The average Bonchev–Trinajstić information content (AvgIpc) is 3.01. The van der Waals surface area contributed by atoms with Crippen LogP contribution in [0.3, 0.4) is 0 Å². The van der Waals surface area contributed by atoms with E-state index in [2.05, 4.69) is 10.3 Å². The fraction of sp³-hybridized carbons (Fsp3) is 0.143. The van der Waals surface area contributed by atoms with Crippen LogP contribution in [-0.2, 0) is 4.79 Å². The summed E-state index contributed by atoms with van der Waals surface area (Å²) in [5.41, 5.74) is 3.12. The van der Waals surface area contributed by atoms with E-state index in [0.29, 0.717) is 17.2 Å². The lowest BCUT2D eigenvalue weighted by Gasteiger charge is -2.11. The van der Waals surface area contributed by atoms with Gasteiger partial charge in [0, 0.05) is 28.2 Å². The first kappa shape index (κ1) is 18.1. The monoisotopic (exact) mass is 361 g/mol. The third-order valence-corrected chi connectivity index (χ3v) is 4.25. The van der Waals surface area contributed by atoms with E-state index in [0.717, 1.165) is 22.2 Å². The van der Waals surface area contributed by atoms with Crippen molar-refractivity contribution in [2.75, 3.05) is 19.5 Å². The number of aromatic amines is 1. The Morgan fingerprint density at radius 1 is 1.19 bits per heavy atom. The highest BCUT2D eigenvalue weighted by Crippen LogP contribution is 2.30. The quantitative estimate of drug-likeness (QED) is 0.530. The molecule has 1 heterocycles. The van der Waals surface area contributed by atoms with E-state index in [1.165, 1.54) is 7.11 Å². The topological polar surface area (TPSA) is 87.1 Å². The van der Waals surface area contributed by atoms with Crippen LogP contribution in [0, 0.1) is 18.3 Å². The number of aromatic nitrogens is 1. The Kier molecular flexibility index (Phi) is 5.13. The number of aryl methyl sites for hydroxylation is 1. The second-order valence-electron chi connectivity index (χ2n) is 5.90. The zero-order chi connectivity index (χ0) is 19.4. The van der Waals surface area contributed by atoms with Gasteiger partial charge in [0.2, 0.25) is 0 Å². The number of amides is 1. The highest BCUT2D eigenvalue weighted by molar-refractivity contribution is 6.11. The molecule has 0 aliphatic carbocycles. The molecular formula is C21H19N3O3. The highest BCUT2D eigenvalue weighted by Gasteiger charge is 2.15. The number of carbonyl (C=O) groups excluding carboxylic acids is 1. The Labute approximate surface area is 157 Å². The molecule has 0 saturated carbocycles. The molecule has 3 rings (SSSR count). The van der Waals surface area contributed by atoms with Crippen molar-refractivity contribution < 1.29 is 14.3 Å². The number of ether oxygens (including phenoxy) is 2. The summed E-state index contributed by atoms with van der Waals surface area (Å²) in [7, 11) is 3.05. The smallest absolute Gasteiger partial charge is 0.266 e. The molecular weight excluding hydrogens is 342 g/mol. The second kappa shape index (κ2) is 7.67. The molecule has 0 aliphatic heterocycles. The SMILES string of the molecule is COc1ccc(NC(=O)C(C#N)=Cc2c(C)[nH]c3ccccc23)c(OC)c1. The third kappa shape index (κ3) is 3.62.